The van der Waals surface area contributed by atoms with Crippen molar-refractivity contribution >= 4 is 27.8 Å². The number of amides is 1. The van der Waals surface area contributed by atoms with E-state index in [1.807, 2.05) is 0 Å². The number of nitrogens with zero attached hydrogens (tertiary/aromatic N) is 3. The molecule has 3 rings (SSSR count). The Labute approximate surface area is 142 Å². The van der Waals surface area contributed by atoms with Gasteiger partial charge in [0, 0.05) is 32.4 Å². The van der Waals surface area contributed by atoms with Gasteiger partial charge in [-0.3, -0.25) is 4.79 Å². The number of carbonyl (C=O) groups excluding carboxylic acids is 1. The molecular weight excluding hydrogens is 363 g/mol. The molecule has 0 fully saturated rings. The minimum Gasteiger partial charge on any atom is -0.347 e. The minimum atomic E-state index is -0.298. The molecular formula is C16H16BrFN4O. The summed E-state index contributed by atoms with van der Waals surface area (Å²) in [5, 5.41) is 3.28. The van der Waals surface area contributed by atoms with E-state index in [1.165, 1.54) is 19.1 Å². The highest BCUT2D eigenvalue weighted by Gasteiger charge is 2.24. The van der Waals surface area contributed by atoms with Crippen LogP contribution in [0.2, 0.25) is 0 Å². The average molecular weight is 379 g/mol. The van der Waals surface area contributed by atoms with Crippen molar-refractivity contribution in [3.05, 3.63) is 52.0 Å². The lowest BCUT2D eigenvalue weighted by atomic mass is 9.99. The van der Waals surface area contributed by atoms with Gasteiger partial charge in [-0.25, -0.2) is 14.4 Å². The number of hydrogen-bond donors (Lipinski definition) is 1. The van der Waals surface area contributed by atoms with E-state index in [1.54, 1.807) is 23.4 Å². The Kier molecular flexibility index (Phi) is 4.56. The van der Waals surface area contributed by atoms with Crippen molar-refractivity contribution in [3.63, 3.8) is 0 Å². The van der Waals surface area contributed by atoms with Crippen molar-refractivity contribution < 1.29 is 9.18 Å². The van der Waals surface area contributed by atoms with Crippen molar-refractivity contribution in [2.45, 2.75) is 25.9 Å². The van der Waals surface area contributed by atoms with Crippen LogP contribution in [0.4, 0.5) is 10.3 Å². The zero-order chi connectivity index (χ0) is 16.4. The zero-order valence-corrected chi connectivity index (χ0v) is 14.2. The van der Waals surface area contributed by atoms with Gasteiger partial charge >= 0.3 is 0 Å². The fourth-order valence-corrected chi connectivity index (χ4v) is 2.94. The van der Waals surface area contributed by atoms with E-state index in [9.17, 15) is 9.18 Å². The van der Waals surface area contributed by atoms with Crippen LogP contribution in [0.15, 0.2) is 35.1 Å². The maximum Gasteiger partial charge on any atom is 0.223 e. The number of aromatic nitrogens is 2. The summed E-state index contributed by atoms with van der Waals surface area (Å²) in [5.74, 6) is 0.193. The molecule has 0 bridgehead atoms. The number of halogens is 2. The van der Waals surface area contributed by atoms with Gasteiger partial charge in [0.05, 0.1) is 10.5 Å². The van der Waals surface area contributed by atoms with E-state index < -0.39 is 0 Å². The smallest absolute Gasteiger partial charge is 0.223 e. The van der Waals surface area contributed by atoms with E-state index in [-0.39, 0.29) is 17.8 Å². The summed E-state index contributed by atoms with van der Waals surface area (Å²) >= 11 is 3.30. The molecule has 7 heteroatoms. The topological polar surface area (TPSA) is 58.1 Å². The molecule has 1 aromatic carbocycles. The van der Waals surface area contributed by atoms with E-state index >= 15 is 0 Å². The molecule has 5 nitrogen and oxygen atoms in total. The first-order chi connectivity index (χ1) is 11.0. The first-order valence-electron chi connectivity index (χ1n) is 7.31. The molecule has 0 saturated heterocycles. The highest BCUT2D eigenvalue weighted by atomic mass is 79.9. The molecule has 0 spiro atoms. The molecule has 1 aliphatic rings. The molecule has 1 atom stereocenters. The number of rotatable bonds is 2. The third-order valence-corrected chi connectivity index (χ3v) is 4.31. The maximum absolute atomic E-state index is 13.6. The minimum absolute atomic E-state index is 0.0132. The largest absolute Gasteiger partial charge is 0.347 e. The van der Waals surface area contributed by atoms with Gasteiger partial charge in [-0.15, -0.1) is 0 Å². The van der Waals surface area contributed by atoms with Crippen LogP contribution in [0.1, 0.15) is 30.5 Å². The zero-order valence-electron chi connectivity index (χ0n) is 12.6. The Bertz CT molecular complexity index is 723. The van der Waals surface area contributed by atoms with Crippen molar-refractivity contribution in [2.24, 2.45) is 0 Å². The average Bonchev–Trinajstić information content (AvgIpc) is 2.69. The highest BCUT2D eigenvalue weighted by molar-refractivity contribution is 9.10. The summed E-state index contributed by atoms with van der Waals surface area (Å²) in [4.78, 5) is 21.9. The Morgan fingerprint density at radius 3 is 2.83 bits per heavy atom. The third-order valence-electron chi connectivity index (χ3n) is 3.90. The Morgan fingerprint density at radius 1 is 1.39 bits per heavy atom. The normalized spacial score (nSPS) is 17.3. The molecule has 2 heterocycles. The fourth-order valence-electron chi connectivity index (χ4n) is 2.74. The number of nitrogens with one attached hydrogen (secondary N) is 1. The number of anilines is 1. The standard InChI is InChI=1S/C16H16BrFN4O/c1-10(23)22-5-4-15(21-16-19-7-12(17)8-20-16)14-3-2-13(18)6-11(14)9-22/h2-3,6-8,15H,4-5,9H2,1H3,(H,19,20,21). The number of benzene rings is 1. The first-order valence-corrected chi connectivity index (χ1v) is 8.10. The second-order valence-corrected chi connectivity index (χ2v) is 6.41. The van der Waals surface area contributed by atoms with Crippen LogP contribution < -0.4 is 5.32 Å². The van der Waals surface area contributed by atoms with Gasteiger partial charge < -0.3 is 10.2 Å². The van der Waals surface area contributed by atoms with Gasteiger partial charge in [-0.05, 0) is 45.6 Å². The predicted molar refractivity (Wildman–Crippen MR) is 88.2 cm³/mol. The summed E-state index contributed by atoms with van der Waals surface area (Å²) in [6.07, 6.45) is 4.04. The van der Waals surface area contributed by atoms with Gasteiger partial charge in [0.2, 0.25) is 11.9 Å². The summed E-state index contributed by atoms with van der Waals surface area (Å²) in [7, 11) is 0. The maximum atomic E-state index is 13.6. The molecule has 120 valence electrons. The van der Waals surface area contributed by atoms with Crippen LogP contribution in [-0.2, 0) is 11.3 Å². The highest BCUT2D eigenvalue weighted by Crippen LogP contribution is 2.29. The third kappa shape index (κ3) is 3.67. The molecule has 23 heavy (non-hydrogen) atoms. The summed E-state index contributed by atoms with van der Waals surface area (Å²) in [6.45, 7) is 2.55. The van der Waals surface area contributed by atoms with Crippen LogP contribution in [0, 0.1) is 5.82 Å². The van der Waals surface area contributed by atoms with E-state index in [4.69, 9.17) is 0 Å². The molecule has 1 aliphatic heterocycles. The Morgan fingerprint density at radius 2 is 2.13 bits per heavy atom. The predicted octanol–water partition coefficient (Wildman–Crippen LogP) is 3.28. The molecule has 2 aromatic rings. The van der Waals surface area contributed by atoms with Crippen LogP contribution in [0.3, 0.4) is 0 Å². The molecule has 0 aliphatic carbocycles. The molecule has 0 saturated carbocycles. The lowest BCUT2D eigenvalue weighted by Crippen LogP contribution is -2.28. The Hall–Kier alpha value is -2.02. The summed E-state index contributed by atoms with van der Waals surface area (Å²) < 4.78 is 14.4. The molecule has 1 amide bonds. The number of carbonyl (C=O) groups is 1. The van der Waals surface area contributed by atoms with Gasteiger partial charge in [0.1, 0.15) is 5.82 Å². The van der Waals surface area contributed by atoms with Crippen molar-refractivity contribution in [3.8, 4) is 0 Å². The van der Waals surface area contributed by atoms with Crippen molar-refractivity contribution in [1.29, 1.82) is 0 Å². The van der Waals surface area contributed by atoms with Gasteiger partial charge in [-0.2, -0.15) is 0 Å². The molecule has 1 aromatic heterocycles. The van der Waals surface area contributed by atoms with Crippen LogP contribution >= 0.6 is 15.9 Å². The molecule has 0 radical (unpaired) electrons. The van der Waals surface area contributed by atoms with E-state index in [0.717, 1.165) is 15.6 Å². The van der Waals surface area contributed by atoms with E-state index in [0.29, 0.717) is 25.5 Å². The fraction of sp³-hybridized carbons (Fsp3) is 0.312. The van der Waals surface area contributed by atoms with Gasteiger partial charge in [0.25, 0.3) is 0 Å². The lowest BCUT2D eigenvalue weighted by molar-refractivity contribution is -0.129. The van der Waals surface area contributed by atoms with Crippen molar-refractivity contribution in [1.82, 2.24) is 14.9 Å². The second kappa shape index (κ2) is 6.62. The lowest BCUT2D eigenvalue weighted by Gasteiger charge is -2.19. The van der Waals surface area contributed by atoms with Gasteiger partial charge in [0.15, 0.2) is 0 Å². The van der Waals surface area contributed by atoms with Crippen LogP contribution in [0.5, 0.6) is 0 Å². The summed E-state index contributed by atoms with van der Waals surface area (Å²) in [6, 6.07) is 4.63. The monoisotopic (exact) mass is 378 g/mol. The van der Waals surface area contributed by atoms with Crippen molar-refractivity contribution in [2.75, 3.05) is 11.9 Å². The SMILES string of the molecule is CC(=O)N1CCC(Nc2ncc(Br)cn2)c2ccc(F)cc2C1. The second-order valence-electron chi connectivity index (χ2n) is 5.49. The first kappa shape index (κ1) is 15.9. The molecule has 1 N–H and O–H groups in total. The Balaban J connectivity index is 1.91. The van der Waals surface area contributed by atoms with E-state index in [2.05, 4.69) is 31.2 Å². The van der Waals surface area contributed by atoms with Crippen LogP contribution in [0.25, 0.3) is 0 Å². The van der Waals surface area contributed by atoms with Gasteiger partial charge in [-0.1, -0.05) is 6.07 Å². The number of hydrogen-bond acceptors (Lipinski definition) is 4. The summed E-state index contributed by atoms with van der Waals surface area (Å²) in [5.41, 5.74) is 1.79. The molecule has 1 unspecified atom stereocenters. The quantitative estimate of drug-likeness (QED) is 0.870. The van der Waals surface area contributed by atoms with Crippen LogP contribution in [-0.4, -0.2) is 27.3 Å². The number of fused-ring (bicyclic) bond motifs is 1.